The minimum Gasteiger partial charge on any atom is -0.466 e. The molecule has 0 aromatic carbocycles. The number of esters is 9. The molecular weight excluding hydrogens is 1350 g/mol. The Bertz CT molecular complexity index is 2200. The number of ether oxygens (including phenoxy) is 9. The van der Waals surface area contributed by atoms with Crippen molar-refractivity contribution in [2.24, 2.45) is 5.41 Å². The third kappa shape index (κ3) is 48.5. The van der Waals surface area contributed by atoms with Crippen molar-refractivity contribution in [3.8, 4) is 0 Å². The molecule has 1 aromatic heterocycles. The fraction of sp³-hybridized carbons (Fsp3) is 0.789. The highest BCUT2D eigenvalue weighted by Gasteiger charge is 2.38. The van der Waals surface area contributed by atoms with E-state index in [1.165, 1.54) is 0 Å². The SMILES string of the molecule is CC(S)CC(=O)OCC(COC(=O)CC(C)S)(COC(=O)CC(C)S)COC(=O)CC(C)S.CC(S)CC(=O)OCCCCOC(=O)CC(C)S.CC(S)CC(=O)OCCCn1c(=O)n(CCCOC(=O)CC(C)S)c(=O)n(CCCOC(=O)CC(C)S)c1=O. The minimum atomic E-state index is -1.30. The van der Waals surface area contributed by atoms with Crippen LogP contribution in [-0.4, -0.2) is 174 Å². The predicted octanol–water partition coefficient (Wildman–Crippen LogP) is 6.35. The highest BCUT2D eigenvalue weighted by Crippen LogP contribution is 2.24. The van der Waals surface area contributed by atoms with Gasteiger partial charge < -0.3 is 42.6 Å². The van der Waals surface area contributed by atoms with E-state index < -0.39 is 64.3 Å². The standard InChI is InChI=1S/C24H39N3O9S3.C21H36O8S4.C12H22O4S2/c1-16(37)13-19(28)34-10-4-7-25-22(31)26(8-5-11-35-20(29)14-17(2)38)24(33)27(23(25)32)9-6-12-36-21(30)15-18(3)39;1-13(30)5-17(22)26-9-21(10-27-18(23)6-14(2)31,11-28-19(24)7-15(3)32)12-29-20(25)8-16(4)33;1-9(17)7-11(13)15-5-3-4-6-16-12(14)8-10(2)18/h16-18,37-39H,4-15H2,1-3H3;13-16,30-33H,5-12H2,1-4H3;9-10,17-18H,3-8H2,1-2H3. The molecule has 1 rings (SSSR count). The zero-order valence-electron chi connectivity index (χ0n) is 53.0. The van der Waals surface area contributed by atoms with Crippen LogP contribution in [0.1, 0.15) is 152 Å². The number of nitrogens with zero attached hydrogens (tertiary/aromatic N) is 3. The molecule has 0 aliphatic heterocycles. The Kier molecular flexibility index (Phi) is 50.5. The van der Waals surface area contributed by atoms with Crippen molar-refractivity contribution in [2.45, 2.75) is 219 Å². The number of thiol groups is 9. The van der Waals surface area contributed by atoms with Gasteiger partial charge in [-0.15, -0.1) is 0 Å². The van der Waals surface area contributed by atoms with Gasteiger partial charge in [0.2, 0.25) is 0 Å². The largest absolute Gasteiger partial charge is 0.466 e. The van der Waals surface area contributed by atoms with Crippen LogP contribution in [0, 0.1) is 5.41 Å². The number of hydrogen-bond donors (Lipinski definition) is 9. The Hall–Kier alpha value is -3.21. The number of hydrogen-bond acceptors (Lipinski definition) is 30. The van der Waals surface area contributed by atoms with Crippen LogP contribution in [0.4, 0.5) is 0 Å². The molecule has 33 heteroatoms. The van der Waals surface area contributed by atoms with E-state index in [0.717, 1.165) is 13.7 Å². The second-order valence-electron chi connectivity index (χ2n) is 21.8. The lowest BCUT2D eigenvalue weighted by Gasteiger charge is -2.32. The van der Waals surface area contributed by atoms with Crippen molar-refractivity contribution < 1.29 is 85.8 Å². The van der Waals surface area contributed by atoms with Crippen LogP contribution in [0.15, 0.2) is 14.4 Å². The van der Waals surface area contributed by atoms with Gasteiger partial charge in [-0.1, -0.05) is 62.3 Å². The lowest BCUT2D eigenvalue weighted by molar-refractivity contribution is -0.171. The summed E-state index contributed by atoms with van der Waals surface area (Å²) in [5.74, 6) is -3.98. The molecule has 9 unspecified atom stereocenters. The summed E-state index contributed by atoms with van der Waals surface area (Å²) < 4.78 is 49.4. The van der Waals surface area contributed by atoms with Gasteiger partial charge in [0.15, 0.2) is 0 Å². The van der Waals surface area contributed by atoms with Crippen LogP contribution in [0.25, 0.3) is 0 Å². The fourth-order valence-corrected chi connectivity index (χ4v) is 8.29. The first kappa shape index (κ1) is 88.8. The molecule has 1 heterocycles. The number of aromatic nitrogens is 3. The van der Waals surface area contributed by atoms with E-state index in [0.29, 0.717) is 38.9 Å². The predicted molar refractivity (Wildman–Crippen MR) is 371 cm³/mol. The molecule has 0 amide bonds. The van der Waals surface area contributed by atoms with Crippen molar-refractivity contribution in [3.63, 3.8) is 0 Å². The first-order valence-electron chi connectivity index (χ1n) is 29.5. The summed E-state index contributed by atoms with van der Waals surface area (Å²) in [7, 11) is 0. The van der Waals surface area contributed by atoms with E-state index >= 15 is 0 Å². The van der Waals surface area contributed by atoms with Crippen molar-refractivity contribution in [1.82, 2.24) is 13.7 Å². The topological polar surface area (TPSA) is 303 Å². The Morgan fingerprint density at radius 3 is 0.578 bits per heavy atom. The van der Waals surface area contributed by atoms with E-state index in [2.05, 4.69) is 114 Å². The molecule has 0 aliphatic carbocycles. The first-order chi connectivity index (χ1) is 42.0. The summed E-state index contributed by atoms with van der Waals surface area (Å²) in [4.78, 5) is 145. The molecule has 0 aliphatic rings. The number of rotatable bonds is 43. The summed E-state index contributed by atoms with van der Waals surface area (Å²) in [6, 6.07) is 0. The molecule has 0 N–H and O–H groups in total. The lowest BCUT2D eigenvalue weighted by atomic mass is 9.92. The molecule has 0 bridgehead atoms. The van der Waals surface area contributed by atoms with Gasteiger partial charge in [-0.2, -0.15) is 114 Å². The summed E-state index contributed by atoms with van der Waals surface area (Å²) in [5.41, 5.74) is -3.75. The van der Waals surface area contributed by atoms with Gasteiger partial charge in [-0.25, -0.2) is 28.1 Å². The van der Waals surface area contributed by atoms with E-state index in [4.69, 9.17) is 42.6 Å². The summed E-state index contributed by atoms with van der Waals surface area (Å²) in [5, 5.41) is -1.40. The van der Waals surface area contributed by atoms with Crippen LogP contribution in [0.3, 0.4) is 0 Å². The molecule has 9 atom stereocenters. The van der Waals surface area contributed by atoms with Crippen molar-refractivity contribution in [3.05, 3.63) is 31.5 Å². The monoisotopic (exact) mass is 1450 g/mol. The van der Waals surface area contributed by atoms with Crippen molar-refractivity contribution in [1.29, 1.82) is 0 Å². The van der Waals surface area contributed by atoms with Crippen LogP contribution in [0.2, 0.25) is 0 Å². The van der Waals surface area contributed by atoms with E-state index in [1.54, 1.807) is 48.5 Å². The average molecular weight is 1450 g/mol. The summed E-state index contributed by atoms with van der Waals surface area (Å²) in [6.45, 7) is 15.0. The number of unbranched alkanes of at least 4 members (excludes halogenated alkanes) is 1. The van der Waals surface area contributed by atoms with Gasteiger partial charge >= 0.3 is 70.8 Å². The van der Waals surface area contributed by atoms with Crippen LogP contribution >= 0.6 is 114 Å². The maximum Gasteiger partial charge on any atom is 0.336 e. The Labute approximate surface area is 578 Å². The molecule has 1 aromatic rings. The van der Waals surface area contributed by atoms with Gasteiger partial charge in [0.1, 0.15) is 31.8 Å². The zero-order valence-corrected chi connectivity index (χ0v) is 61.1. The normalized spacial score (nSPS) is 14.6. The van der Waals surface area contributed by atoms with E-state index in [-0.39, 0.29) is 189 Å². The Morgan fingerprint density at radius 2 is 0.422 bits per heavy atom. The molecule has 0 saturated carbocycles. The molecule has 90 heavy (non-hydrogen) atoms. The van der Waals surface area contributed by atoms with Gasteiger partial charge in [0.05, 0.1) is 90.8 Å². The van der Waals surface area contributed by atoms with Crippen LogP contribution in [-0.2, 0) is 105 Å². The second kappa shape index (κ2) is 51.2. The van der Waals surface area contributed by atoms with Crippen LogP contribution in [0.5, 0.6) is 0 Å². The second-order valence-corrected chi connectivity index (χ2v) is 29.7. The molecule has 520 valence electrons. The van der Waals surface area contributed by atoms with Crippen molar-refractivity contribution in [2.75, 3.05) is 59.5 Å². The van der Waals surface area contributed by atoms with Gasteiger partial charge in [-0.05, 0) is 32.1 Å². The number of carbonyl (C=O) groups excluding carboxylic acids is 9. The third-order valence-electron chi connectivity index (χ3n) is 11.1. The van der Waals surface area contributed by atoms with E-state index in [9.17, 15) is 57.5 Å². The maximum atomic E-state index is 13.0. The molecule has 0 spiro atoms. The van der Waals surface area contributed by atoms with Crippen LogP contribution < -0.4 is 17.1 Å². The molecule has 0 radical (unpaired) electrons. The third-order valence-corrected chi connectivity index (χ3v) is 12.8. The molecule has 24 nitrogen and oxygen atoms in total. The van der Waals surface area contributed by atoms with Crippen molar-refractivity contribution >= 4 is 167 Å². The minimum absolute atomic E-state index is 0.0154. The zero-order chi connectivity index (χ0) is 69.1. The number of carbonyl (C=O) groups is 9. The average Bonchev–Trinajstić information content (AvgIpc) is 0.847. The highest BCUT2D eigenvalue weighted by atomic mass is 32.1. The quantitative estimate of drug-likeness (QED) is 0.0149. The molecule has 0 fully saturated rings. The highest BCUT2D eigenvalue weighted by molar-refractivity contribution is 7.82. The molecular formula is C57H97N3O21S9. The Morgan fingerprint density at radius 1 is 0.278 bits per heavy atom. The first-order valence-corrected chi connectivity index (χ1v) is 34.1. The Balaban J connectivity index is 0. The van der Waals surface area contributed by atoms with Gasteiger partial charge in [0, 0.05) is 66.9 Å². The van der Waals surface area contributed by atoms with Gasteiger partial charge in [-0.3, -0.25) is 43.2 Å². The smallest absolute Gasteiger partial charge is 0.336 e. The summed E-state index contributed by atoms with van der Waals surface area (Å²) in [6.07, 6.45) is 3.06. The fourth-order valence-electron chi connectivity index (χ4n) is 6.94. The maximum absolute atomic E-state index is 13.0. The van der Waals surface area contributed by atoms with Gasteiger partial charge in [0.25, 0.3) is 0 Å². The molecule has 0 saturated heterocycles. The van der Waals surface area contributed by atoms with E-state index in [1.807, 2.05) is 13.8 Å². The summed E-state index contributed by atoms with van der Waals surface area (Å²) >= 11 is 37.3. The lowest BCUT2D eigenvalue weighted by Crippen LogP contribution is -2.54.